The predicted octanol–water partition coefficient (Wildman–Crippen LogP) is 3.67. The lowest BCUT2D eigenvalue weighted by molar-refractivity contribution is 0.0955. The molecule has 0 aliphatic heterocycles. The summed E-state index contributed by atoms with van der Waals surface area (Å²) in [6, 6.07) is 21.5. The molecule has 0 spiro atoms. The Balaban J connectivity index is 1.67. The van der Waals surface area contributed by atoms with E-state index in [0.717, 1.165) is 22.0 Å². The highest BCUT2D eigenvalue weighted by Crippen LogP contribution is 2.15. The number of hydrogen-bond donors (Lipinski definition) is 1. The van der Waals surface area contributed by atoms with Crippen molar-refractivity contribution < 1.29 is 4.79 Å². The van der Waals surface area contributed by atoms with Gasteiger partial charge in [0, 0.05) is 25.3 Å². The zero-order valence-corrected chi connectivity index (χ0v) is 13.7. The Morgan fingerprint density at radius 3 is 2.38 bits per heavy atom. The molecule has 3 aromatic rings. The Kier molecular flexibility index (Phi) is 4.57. The molecule has 0 aliphatic rings. The summed E-state index contributed by atoms with van der Waals surface area (Å²) in [4.78, 5) is 14.2. The zero-order valence-electron chi connectivity index (χ0n) is 13.7. The standard InChI is InChI=1S/C20H19N3O/c1-23(2)19-11-7-15(8-12-19)14-21-22-20(24)18-10-9-16-5-3-4-6-17(16)13-18/h3-14H,1-2H3,(H,22,24)/b21-14-. The fraction of sp³-hybridized carbons (Fsp3) is 0.100. The Bertz CT molecular complexity index is 883. The SMILES string of the molecule is CN(C)c1ccc(/C=N\NC(=O)c2ccc3ccccc3c2)cc1. The van der Waals surface area contributed by atoms with Crippen LogP contribution in [-0.2, 0) is 0 Å². The van der Waals surface area contributed by atoms with Crippen LogP contribution < -0.4 is 10.3 Å². The molecule has 1 amide bonds. The monoisotopic (exact) mass is 317 g/mol. The van der Waals surface area contributed by atoms with Crippen molar-refractivity contribution in [3.05, 3.63) is 77.9 Å². The summed E-state index contributed by atoms with van der Waals surface area (Å²) in [7, 11) is 3.99. The van der Waals surface area contributed by atoms with Gasteiger partial charge in [-0.2, -0.15) is 5.10 Å². The number of fused-ring (bicyclic) bond motifs is 1. The van der Waals surface area contributed by atoms with Crippen molar-refractivity contribution in [1.82, 2.24) is 5.43 Å². The second-order valence-corrected chi connectivity index (χ2v) is 5.75. The van der Waals surface area contributed by atoms with Crippen molar-refractivity contribution in [3.63, 3.8) is 0 Å². The van der Waals surface area contributed by atoms with Crippen molar-refractivity contribution in [3.8, 4) is 0 Å². The molecule has 4 nitrogen and oxygen atoms in total. The van der Waals surface area contributed by atoms with Crippen LogP contribution in [-0.4, -0.2) is 26.2 Å². The highest BCUT2D eigenvalue weighted by molar-refractivity contribution is 5.98. The molecule has 3 rings (SSSR count). The minimum atomic E-state index is -0.220. The van der Waals surface area contributed by atoms with Gasteiger partial charge >= 0.3 is 0 Å². The van der Waals surface area contributed by atoms with Gasteiger partial charge in [-0.1, -0.05) is 42.5 Å². The summed E-state index contributed by atoms with van der Waals surface area (Å²) in [6.45, 7) is 0. The van der Waals surface area contributed by atoms with Gasteiger partial charge in [-0.3, -0.25) is 4.79 Å². The van der Waals surface area contributed by atoms with Gasteiger partial charge in [0.2, 0.25) is 0 Å². The molecule has 0 fully saturated rings. The van der Waals surface area contributed by atoms with Crippen LogP contribution in [0.25, 0.3) is 10.8 Å². The Labute approximate surface area is 141 Å². The minimum absolute atomic E-state index is 0.220. The third-order valence-electron chi connectivity index (χ3n) is 3.80. The van der Waals surface area contributed by atoms with E-state index in [4.69, 9.17) is 0 Å². The first-order chi connectivity index (χ1) is 11.6. The minimum Gasteiger partial charge on any atom is -0.378 e. The van der Waals surface area contributed by atoms with Gasteiger partial charge < -0.3 is 4.90 Å². The molecule has 24 heavy (non-hydrogen) atoms. The van der Waals surface area contributed by atoms with E-state index in [0.29, 0.717) is 5.56 Å². The predicted molar refractivity (Wildman–Crippen MR) is 99.8 cm³/mol. The summed E-state index contributed by atoms with van der Waals surface area (Å²) in [5.74, 6) is -0.220. The molecule has 0 bridgehead atoms. The van der Waals surface area contributed by atoms with Crippen molar-refractivity contribution in [1.29, 1.82) is 0 Å². The number of carbonyl (C=O) groups excluding carboxylic acids is 1. The zero-order chi connectivity index (χ0) is 16.9. The van der Waals surface area contributed by atoms with Gasteiger partial charge in [0.25, 0.3) is 5.91 Å². The third-order valence-corrected chi connectivity index (χ3v) is 3.80. The van der Waals surface area contributed by atoms with E-state index in [9.17, 15) is 4.79 Å². The highest BCUT2D eigenvalue weighted by atomic mass is 16.2. The second-order valence-electron chi connectivity index (χ2n) is 5.75. The van der Waals surface area contributed by atoms with Crippen molar-refractivity contribution in [2.24, 2.45) is 5.10 Å². The van der Waals surface area contributed by atoms with Crippen LogP contribution in [0.2, 0.25) is 0 Å². The Morgan fingerprint density at radius 2 is 1.67 bits per heavy atom. The van der Waals surface area contributed by atoms with Gasteiger partial charge in [-0.05, 0) is 40.6 Å². The number of rotatable bonds is 4. The number of nitrogens with zero attached hydrogens (tertiary/aromatic N) is 2. The number of anilines is 1. The summed E-state index contributed by atoms with van der Waals surface area (Å²) >= 11 is 0. The van der Waals surface area contributed by atoms with Crippen LogP contribution >= 0.6 is 0 Å². The molecule has 0 heterocycles. The van der Waals surface area contributed by atoms with E-state index in [1.165, 1.54) is 0 Å². The first-order valence-electron chi connectivity index (χ1n) is 7.73. The largest absolute Gasteiger partial charge is 0.378 e. The second kappa shape index (κ2) is 6.96. The van der Waals surface area contributed by atoms with Crippen LogP contribution in [0, 0.1) is 0 Å². The van der Waals surface area contributed by atoms with Crippen molar-refractivity contribution in [2.45, 2.75) is 0 Å². The first-order valence-corrected chi connectivity index (χ1v) is 7.73. The average molecular weight is 317 g/mol. The summed E-state index contributed by atoms with van der Waals surface area (Å²) < 4.78 is 0. The smallest absolute Gasteiger partial charge is 0.271 e. The molecule has 0 saturated carbocycles. The van der Waals surface area contributed by atoms with Gasteiger partial charge in [0.1, 0.15) is 0 Å². The third kappa shape index (κ3) is 3.60. The highest BCUT2D eigenvalue weighted by Gasteiger charge is 2.04. The molecule has 120 valence electrons. The average Bonchev–Trinajstić information content (AvgIpc) is 2.61. The van der Waals surface area contributed by atoms with E-state index >= 15 is 0 Å². The van der Waals surface area contributed by atoms with Gasteiger partial charge in [-0.15, -0.1) is 0 Å². The fourth-order valence-corrected chi connectivity index (χ4v) is 2.42. The maximum absolute atomic E-state index is 12.2. The molecule has 3 aromatic carbocycles. The number of benzene rings is 3. The number of hydrogen-bond acceptors (Lipinski definition) is 3. The number of carbonyl (C=O) groups is 1. The first kappa shape index (κ1) is 15.7. The van der Waals surface area contributed by atoms with Crippen LogP contribution in [0.15, 0.2) is 71.8 Å². The Morgan fingerprint density at radius 1 is 0.958 bits per heavy atom. The van der Waals surface area contributed by atoms with E-state index in [-0.39, 0.29) is 5.91 Å². The van der Waals surface area contributed by atoms with Gasteiger partial charge in [-0.25, -0.2) is 5.43 Å². The summed E-state index contributed by atoms with van der Waals surface area (Å²) in [5, 5.41) is 6.18. The lowest BCUT2D eigenvalue weighted by Gasteiger charge is -2.11. The quantitative estimate of drug-likeness (QED) is 0.589. The molecular weight excluding hydrogens is 298 g/mol. The van der Waals surface area contributed by atoms with Crippen LogP contribution in [0.5, 0.6) is 0 Å². The molecule has 1 N–H and O–H groups in total. The van der Waals surface area contributed by atoms with E-state index in [1.807, 2.05) is 79.7 Å². The normalized spacial score (nSPS) is 10.9. The molecule has 0 aliphatic carbocycles. The van der Waals surface area contributed by atoms with E-state index < -0.39 is 0 Å². The van der Waals surface area contributed by atoms with Crippen molar-refractivity contribution >= 4 is 28.6 Å². The molecule has 4 heteroatoms. The summed E-state index contributed by atoms with van der Waals surface area (Å²) in [5.41, 5.74) is 5.21. The lowest BCUT2D eigenvalue weighted by atomic mass is 10.1. The molecule has 0 radical (unpaired) electrons. The van der Waals surface area contributed by atoms with Crippen molar-refractivity contribution in [2.75, 3.05) is 19.0 Å². The van der Waals surface area contributed by atoms with Crippen LogP contribution in [0.4, 0.5) is 5.69 Å². The molecule has 0 aromatic heterocycles. The fourth-order valence-electron chi connectivity index (χ4n) is 2.42. The Hall–Kier alpha value is -3.14. The maximum atomic E-state index is 12.2. The number of hydrazone groups is 1. The van der Waals surface area contributed by atoms with E-state index in [2.05, 4.69) is 10.5 Å². The molecular formula is C20H19N3O. The van der Waals surface area contributed by atoms with E-state index in [1.54, 1.807) is 12.3 Å². The maximum Gasteiger partial charge on any atom is 0.271 e. The molecule has 0 saturated heterocycles. The number of nitrogens with one attached hydrogen (secondary N) is 1. The van der Waals surface area contributed by atoms with Crippen LogP contribution in [0.3, 0.4) is 0 Å². The van der Waals surface area contributed by atoms with Gasteiger partial charge in [0.15, 0.2) is 0 Å². The topological polar surface area (TPSA) is 44.7 Å². The van der Waals surface area contributed by atoms with Crippen LogP contribution in [0.1, 0.15) is 15.9 Å². The molecule has 0 unspecified atom stereocenters. The van der Waals surface area contributed by atoms with Gasteiger partial charge in [0.05, 0.1) is 6.21 Å². The lowest BCUT2D eigenvalue weighted by Crippen LogP contribution is -2.17. The number of amides is 1. The molecule has 0 atom stereocenters. The summed E-state index contributed by atoms with van der Waals surface area (Å²) in [6.07, 6.45) is 1.64.